The van der Waals surface area contributed by atoms with Crippen molar-refractivity contribution in [2.24, 2.45) is 0 Å². The van der Waals surface area contributed by atoms with Crippen molar-refractivity contribution in [3.63, 3.8) is 0 Å². The molecule has 10 heteroatoms. The van der Waals surface area contributed by atoms with Gasteiger partial charge >= 0.3 is 5.97 Å². The molecule has 3 aromatic rings. The summed E-state index contributed by atoms with van der Waals surface area (Å²) in [6, 6.07) is 9.72. The van der Waals surface area contributed by atoms with E-state index in [1.54, 1.807) is 13.8 Å². The summed E-state index contributed by atoms with van der Waals surface area (Å²) in [5, 5.41) is 5.00. The van der Waals surface area contributed by atoms with Gasteiger partial charge in [0.25, 0.3) is 0 Å². The van der Waals surface area contributed by atoms with Gasteiger partial charge in [-0.1, -0.05) is 42.1 Å². The Morgan fingerprint density at radius 1 is 1.28 bits per heavy atom. The van der Waals surface area contributed by atoms with E-state index in [0.717, 1.165) is 23.0 Å². The molecule has 1 unspecified atom stereocenters. The van der Waals surface area contributed by atoms with Gasteiger partial charge in [0.05, 0.1) is 17.6 Å². The van der Waals surface area contributed by atoms with Crippen LogP contribution in [0.2, 0.25) is 0 Å². The minimum absolute atomic E-state index is 0.0148. The molecule has 0 spiro atoms. The number of thiazole rings is 1. The number of esters is 1. The third-order valence-corrected chi connectivity index (χ3v) is 5.48. The minimum atomic E-state index is -0.578. The van der Waals surface area contributed by atoms with Gasteiger partial charge in [-0.3, -0.25) is 4.79 Å². The predicted molar refractivity (Wildman–Crippen MR) is 114 cm³/mol. The summed E-state index contributed by atoms with van der Waals surface area (Å²) in [5.74, 6) is -0.799. The number of nitrogen functional groups attached to an aromatic ring is 1. The van der Waals surface area contributed by atoms with E-state index in [2.05, 4.69) is 20.3 Å². The summed E-state index contributed by atoms with van der Waals surface area (Å²) in [7, 11) is 0. The summed E-state index contributed by atoms with van der Waals surface area (Å²) in [6.07, 6.45) is 1.31. The first-order valence-corrected chi connectivity index (χ1v) is 10.5. The summed E-state index contributed by atoms with van der Waals surface area (Å²) in [5.41, 5.74) is 7.70. The first kappa shape index (κ1) is 20.7. The predicted octanol–water partition coefficient (Wildman–Crippen LogP) is 3.48. The maximum absolute atomic E-state index is 12.5. The summed E-state index contributed by atoms with van der Waals surface area (Å²) in [6.45, 7) is 3.66. The number of rotatable bonds is 7. The van der Waals surface area contributed by atoms with Crippen molar-refractivity contribution in [1.29, 1.82) is 0 Å². The van der Waals surface area contributed by atoms with E-state index in [0.29, 0.717) is 10.3 Å². The van der Waals surface area contributed by atoms with E-state index in [1.165, 1.54) is 17.5 Å². The zero-order valence-corrected chi connectivity index (χ0v) is 17.4. The van der Waals surface area contributed by atoms with E-state index in [4.69, 9.17) is 10.5 Å². The lowest BCUT2D eigenvalue weighted by atomic mass is 10.2. The first-order valence-electron chi connectivity index (χ1n) is 8.76. The summed E-state index contributed by atoms with van der Waals surface area (Å²) < 4.78 is 4.89. The van der Waals surface area contributed by atoms with Crippen LogP contribution in [-0.4, -0.2) is 38.7 Å². The lowest BCUT2D eigenvalue weighted by Gasteiger charge is -2.10. The molecule has 2 aromatic heterocycles. The second-order valence-electron chi connectivity index (χ2n) is 5.83. The Morgan fingerprint density at radius 3 is 2.72 bits per heavy atom. The number of nitrogens with one attached hydrogen (secondary N) is 1. The molecule has 0 radical (unpaired) electrons. The lowest BCUT2D eigenvalue weighted by Crippen LogP contribution is -2.22. The van der Waals surface area contributed by atoms with Crippen molar-refractivity contribution in [3.05, 3.63) is 47.5 Å². The van der Waals surface area contributed by atoms with Gasteiger partial charge in [-0.2, -0.15) is 0 Å². The number of nitrogens with zero attached hydrogens (tertiary/aromatic N) is 3. The van der Waals surface area contributed by atoms with Gasteiger partial charge in [0.15, 0.2) is 10.3 Å². The summed E-state index contributed by atoms with van der Waals surface area (Å²) >= 11 is 2.49. The molecule has 1 atom stereocenters. The van der Waals surface area contributed by atoms with Crippen molar-refractivity contribution in [3.8, 4) is 11.3 Å². The van der Waals surface area contributed by atoms with Crippen LogP contribution in [-0.2, 0) is 9.53 Å². The van der Waals surface area contributed by atoms with Crippen LogP contribution in [0.1, 0.15) is 24.2 Å². The largest absolute Gasteiger partial charge is 0.462 e. The molecule has 29 heavy (non-hydrogen) atoms. The molecular weight excluding hydrogens is 410 g/mol. The molecule has 2 heterocycles. The Bertz CT molecular complexity index is 1010. The van der Waals surface area contributed by atoms with Crippen molar-refractivity contribution in [2.45, 2.75) is 24.3 Å². The van der Waals surface area contributed by atoms with Gasteiger partial charge < -0.3 is 15.8 Å². The molecule has 0 bridgehead atoms. The van der Waals surface area contributed by atoms with Crippen LogP contribution in [0.15, 0.2) is 47.1 Å². The van der Waals surface area contributed by atoms with Crippen LogP contribution < -0.4 is 11.1 Å². The molecule has 0 saturated carbocycles. The van der Waals surface area contributed by atoms with Crippen LogP contribution in [0.4, 0.5) is 10.9 Å². The van der Waals surface area contributed by atoms with Gasteiger partial charge in [-0.25, -0.2) is 19.7 Å². The average molecular weight is 430 g/mol. The molecule has 3 N–H and O–H groups in total. The molecule has 0 aliphatic rings. The molecule has 0 aliphatic heterocycles. The van der Waals surface area contributed by atoms with Crippen molar-refractivity contribution >= 4 is 45.9 Å². The van der Waals surface area contributed by atoms with Crippen molar-refractivity contribution in [2.75, 3.05) is 17.7 Å². The molecule has 1 amide bonds. The molecule has 3 rings (SSSR count). The van der Waals surface area contributed by atoms with Crippen molar-refractivity contribution in [1.82, 2.24) is 15.0 Å². The third kappa shape index (κ3) is 5.30. The van der Waals surface area contributed by atoms with Crippen LogP contribution in [0.25, 0.3) is 11.3 Å². The highest BCUT2D eigenvalue weighted by Crippen LogP contribution is 2.26. The highest BCUT2D eigenvalue weighted by Gasteiger charge is 2.20. The molecular formula is C19H19N5O3S2. The SMILES string of the molecule is CCOC(=O)c1cnc(SC(C)C(=O)Nc2nc(-c3ccccc3)cs2)nc1N. The molecule has 0 saturated heterocycles. The Hall–Kier alpha value is -2.98. The monoisotopic (exact) mass is 429 g/mol. The zero-order valence-electron chi connectivity index (χ0n) is 15.8. The standard InChI is InChI=1S/C19H19N5O3S2/c1-3-27-17(26)13-9-21-18(23-15(13)20)29-11(2)16(25)24-19-22-14(10-28-19)12-7-5-4-6-8-12/h4-11H,3H2,1-2H3,(H2,20,21,23)(H,22,24,25). The van der Waals surface area contributed by atoms with E-state index in [1.807, 2.05) is 35.7 Å². The number of benzene rings is 1. The third-order valence-electron chi connectivity index (χ3n) is 3.75. The van der Waals surface area contributed by atoms with Crippen LogP contribution in [0.5, 0.6) is 0 Å². The Kier molecular flexibility index (Phi) is 6.78. The highest BCUT2D eigenvalue weighted by molar-refractivity contribution is 8.00. The normalized spacial score (nSPS) is 11.7. The number of hydrogen-bond donors (Lipinski definition) is 2. The number of nitrogens with two attached hydrogens (primary N) is 1. The number of thioether (sulfide) groups is 1. The fourth-order valence-corrected chi connectivity index (χ4v) is 3.76. The lowest BCUT2D eigenvalue weighted by molar-refractivity contribution is -0.115. The zero-order chi connectivity index (χ0) is 20.8. The van der Waals surface area contributed by atoms with E-state index < -0.39 is 11.2 Å². The number of amides is 1. The fraction of sp³-hybridized carbons (Fsp3) is 0.211. The number of ether oxygens (including phenoxy) is 1. The number of anilines is 2. The van der Waals surface area contributed by atoms with Gasteiger partial charge in [-0.05, 0) is 13.8 Å². The van der Waals surface area contributed by atoms with Gasteiger partial charge in [0, 0.05) is 17.1 Å². The Morgan fingerprint density at radius 2 is 2.03 bits per heavy atom. The van der Waals surface area contributed by atoms with E-state index in [9.17, 15) is 9.59 Å². The molecule has 8 nitrogen and oxygen atoms in total. The number of carbonyl (C=O) groups excluding carboxylic acids is 2. The Labute approximate surface area is 175 Å². The maximum Gasteiger partial charge on any atom is 0.343 e. The Balaban J connectivity index is 1.62. The average Bonchev–Trinajstić information content (AvgIpc) is 3.17. The van der Waals surface area contributed by atoms with Gasteiger partial charge in [0.2, 0.25) is 5.91 Å². The van der Waals surface area contributed by atoms with Gasteiger partial charge in [0.1, 0.15) is 11.4 Å². The minimum Gasteiger partial charge on any atom is -0.462 e. The number of hydrogen-bond acceptors (Lipinski definition) is 9. The quantitative estimate of drug-likeness (QED) is 0.333. The topological polar surface area (TPSA) is 120 Å². The van der Waals surface area contributed by atoms with Crippen LogP contribution in [0, 0.1) is 0 Å². The maximum atomic E-state index is 12.5. The van der Waals surface area contributed by atoms with Crippen LogP contribution in [0.3, 0.4) is 0 Å². The summed E-state index contributed by atoms with van der Waals surface area (Å²) in [4.78, 5) is 36.9. The second kappa shape index (κ2) is 9.48. The second-order valence-corrected chi connectivity index (χ2v) is 7.99. The highest BCUT2D eigenvalue weighted by atomic mass is 32.2. The molecule has 0 aliphatic carbocycles. The fourth-order valence-electron chi connectivity index (χ4n) is 2.29. The first-order chi connectivity index (χ1) is 14.0. The van der Waals surface area contributed by atoms with Crippen molar-refractivity contribution < 1.29 is 14.3 Å². The van der Waals surface area contributed by atoms with E-state index >= 15 is 0 Å². The molecule has 150 valence electrons. The number of carbonyl (C=O) groups is 2. The van der Waals surface area contributed by atoms with Gasteiger partial charge in [-0.15, -0.1) is 11.3 Å². The smallest absolute Gasteiger partial charge is 0.343 e. The van der Waals surface area contributed by atoms with Crippen LogP contribution >= 0.6 is 23.1 Å². The molecule has 1 aromatic carbocycles. The van der Waals surface area contributed by atoms with E-state index in [-0.39, 0.29) is 23.9 Å². The molecule has 0 fully saturated rings. The number of aromatic nitrogens is 3.